The molecule has 0 bridgehead atoms. The van der Waals surface area contributed by atoms with E-state index in [1.807, 2.05) is 11.9 Å². The summed E-state index contributed by atoms with van der Waals surface area (Å²) < 4.78 is 5.90. The van der Waals surface area contributed by atoms with Gasteiger partial charge in [-0.25, -0.2) is 4.98 Å². The summed E-state index contributed by atoms with van der Waals surface area (Å²) >= 11 is 5.90. The summed E-state index contributed by atoms with van der Waals surface area (Å²) in [5.41, 5.74) is 5.76. The van der Waals surface area contributed by atoms with Crippen LogP contribution in [-0.2, 0) is 0 Å². The molecule has 0 aliphatic heterocycles. The van der Waals surface area contributed by atoms with E-state index in [4.69, 9.17) is 22.1 Å². The van der Waals surface area contributed by atoms with Crippen molar-refractivity contribution in [2.45, 2.75) is 37.8 Å². The molecule has 0 radical (unpaired) electrons. The van der Waals surface area contributed by atoms with Crippen molar-refractivity contribution in [3.05, 3.63) is 35.5 Å². The molecule has 3 rings (SSSR count). The third kappa shape index (κ3) is 3.71. The quantitative estimate of drug-likeness (QED) is 0.882. The van der Waals surface area contributed by atoms with Gasteiger partial charge in [0.1, 0.15) is 5.75 Å². The molecule has 1 heterocycles. The number of nitrogens with zero attached hydrogens (tertiary/aromatic N) is 3. The first kappa shape index (κ1) is 16.8. The Hall–Kier alpha value is -2.05. The van der Waals surface area contributed by atoms with Gasteiger partial charge in [0.25, 0.3) is 0 Å². The summed E-state index contributed by atoms with van der Waals surface area (Å²) in [4.78, 5) is 10.3. The highest BCUT2D eigenvalue weighted by atomic mass is 35.5. The van der Waals surface area contributed by atoms with Crippen LogP contribution >= 0.6 is 11.6 Å². The molecule has 1 aromatic carbocycles. The van der Waals surface area contributed by atoms with E-state index in [1.165, 1.54) is 0 Å². The minimum Gasteiger partial charge on any atom is -0.452 e. The van der Waals surface area contributed by atoms with Crippen molar-refractivity contribution in [3.8, 4) is 11.5 Å². The molecule has 0 spiro atoms. The third-order valence-electron chi connectivity index (χ3n) is 4.32. The van der Waals surface area contributed by atoms with Crippen molar-refractivity contribution in [3.63, 3.8) is 0 Å². The molecule has 1 aliphatic carbocycles. The van der Waals surface area contributed by atoms with E-state index in [2.05, 4.69) is 9.97 Å². The molecular weight excluding hydrogens is 328 g/mol. The Labute approximate surface area is 146 Å². The average molecular weight is 349 g/mol. The highest BCUT2D eigenvalue weighted by Crippen LogP contribution is 2.34. The van der Waals surface area contributed by atoms with E-state index in [9.17, 15) is 5.11 Å². The van der Waals surface area contributed by atoms with Crippen molar-refractivity contribution in [2.75, 3.05) is 17.7 Å². The third-order valence-corrected chi connectivity index (χ3v) is 4.57. The maximum atomic E-state index is 10.3. The molecule has 1 aliphatic rings. The molecule has 3 N–H and O–H groups in total. The van der Waals surface area contributed by atoms with E-state index in [0.717, 1.165) is 25.7 Å². The first-order chi connectivity index (χ1) is 11.5. The van der Waals surface area contributed by atoms with Gasteiger partial charge in [-0.3, -0.25) is 0 Å². The van der Waals surface area contributed by atoms with E-state index >= 15 is 0 Å². The first-order valence-corrected chi connectivity index (χ1v) is 8.39. The lowest BCUT2D eigenvalue weighted by Crippen LogP contribution is -2.44. The molecule has 1 aromatic heterocycles. The largest absolute Gasteiger partial charge is 0.452 e. The zero-order valence-corrected chi connectivity index (χ0v) is 14.3. The van der Waals surface area contributed by atoms with Crippen molar-refractivity contribution >= 4 is 23.4 Å². The fraction of sp³-hybridized carbons (Fsp3) is 0.412. The SMILES string of the molecule is CN(c1nc(N)ncc1Oc1ccc(Cl)cc1)C1CCCCC1O. The maximum Gasteiger partial charge on any atom is 0.222 e. The lowest BCUT2D eigenvalue weighted by molar-refractivity contribution is 0.106. The fourth-order valence-electron chi connectivity index (χ4n) is 3.03. The van der Waals surface area contributed by atoms with Crippen LogP contribution in [0.4, 0.5) is 11.8 Å². The Bertz CT molecular complexity index is 695. The number of nitrogens with two attached hydrogens (primary N) is 1. The summed E-state index contributed by atoms with van der Waals surface area (Å²) in [5.74, 6) is 1.87. The predicted octanol–water partition coefficient (Wildman–Crippen LogP) is 3.24. The Morgan fingerprint density at radius 2 is 1.96 bits per heavy atom. The Balaban J connectivity index is 1.88. The molecule has 2 atom stereocenters. The number of aliphatic hydroxyl groups is 1. The van der Waals surface area contributed by atoms with Crippen molar-refractivity contribution in [2.24, 2.45) is 0 Å². The van der Waals surface area contributed by atoms with Crippen LogP contribution in [0.5, 0.6) is 11.5 Å². The summed E-state index contributed by atoms with van der Waals surface area (Å²) in [5, 5.41) is 10.9. The van der Waals surface area contributed by atoms with Crippen LogP contribution in [0.15, 0.2) is 30.5 Å². The topological polar surface area (TPSA) is 84.5 Å². The van der Waals surface area contributed by atoms with Gasteiger partial charge in [-0.05, 0) is 37.1 Å². The molecule has 128 valence electrons. The van der Waals surface area contributed by atoms with E-state index in [0.29, 0.717) is 22.3 Å². The second kappa shape index (κ2) is 7.23. The van der Waals surface area contributed by atoms with Crippen LogP contribution < -0.4 is 15.4 Å². The molecule has 24 heavy (non-hydrogen) atoms. The summed E-state index contributed by atoms with van der Waals surface area (Å²) in [7, 11) is 1.90. The van der Waals surface area contributed by atoms with Gasteiger partial charge in [-0.2, -0.15) is 4.98 Å². The predicted molar refractivity (Wildman–Crippen MR) is 94.6 cm³/mol. The minimum absolute atomic E-state index is 0.0133. The van der Waals surface area contributed by atoms with Gasteiger partial charge in [0.15, 0.2) is 11.6 Å². The fourth-order valence-corrected chi connectivity index (χ4v) is 3.16. The molecule has 0 saturated heterocycles. The van der Waals surface area contributed by atoms with Gasteiger partial charge in [-0.15, -0.1) is 0 Å². The minimum atomic E-state index is -0.386. The lowest BCUT2D eigenvalue weighted by atomic mass is 9.91. The van der Waals surface area contributed by atoms with Crippen LogP contribution in [0.2, 0.25) is 5.02 Å². The summed E-state index contributed by atoms with van der Waals surface area (Å²) in [6, 6.07) is 7.04. The van der Waals surface area contributed by atoms with Gasteiger partial charge in [-0.1, -0.05) is 24.4 Å². The highest BCUT2D eigenvalue weighted by molar-refractivity contribution is 6.30. The molecule has 6 nitrogen and oxygen atoms in total. The number of aromatic nitrogens is 2. The molecule has 1 saturated carbocycles. The number of halogens is 1. The van der Waals surface area contributed by atoms with Crippen LogP contribution in [0.1, 0.15) is 25.7 Å². The zero-order chi connectivity index (χ0) is 17.1. The second-order valence-electron chi connectivity index (χ2n) is 6.00. The van der Waals surface area contributed by atoms with Gasteiger partial charge in [0.2, 0.25) is 5.95 Å². The standard InChI is InChI=1S/C17H21ClN4O2/c1-22(13-4-2-3-5-14(13)23)16-15(10-20-17(19)21-16)24-12-8-6-11(18)7-9-12/h6-10,13-14,23H,2-5H2,1H3,(H2,19,20,21). The molecular formula is C17H21ClN4O2. The van der Waals surface area contributed by atoms with E-state index in [-0.39, 0.29) is 18.1 Å². The summed E-state index contributed by atoms with van der Waals surface area (Å²) in [6.45, 7) is 0. The molecule has 7 heteroatoms. The number of benzene rings is 1. The Kier molecular flexibility index (Phi) is 5.06. The van der Waals surface area contributed by atoms with Crippen molar-refractivity contribution in [1.29, 1.82) is 0 Å². The van der Waals surface area contributed by atoms with Gasteiger partial charge in [0, 0.05) is 12.1 Å². The highest BCUT2D eigenvalue weighted by Gasteiger charge is 2.29. The summed E-state index contributed by atoms with van der Waals surface area (Å²) in [6.07, 6.45) is 5.00. The van der Waals surface area contributed by atoms with Crippen LogP contribution in [0.3, 0.4) is 0 Å². The smallest absolute Gasteiger partial charge is 0.222 e. The maximum absolute atomic E-state index is 10.3. The number of nitrogen functional groups attached to an aromatic ring is 1. The number of anilines is 2. The molecule has 2 aromatic rings. The van der Waals surface area contributed by atoms with Crippen LogP contribution in [-0.4, -0.2) is 34.3 Å². The number of rotatable bonds is 4. The normalized spacial score (nSPS) is 20.6. The zero-order valence-electron chi connectivity index (χ0n) is 13.5. The number of aliphatic hydroxyl groups excluding tert-OH is 1. The number of hydrogen-bond acceptors (Lipinski definition) is 6. The van der Waals surface area contributed by atoms with Gasteiger partial charge in [0.05, 0.1) is 18.3 Å². The van der Waals surface area contributed by atoms with E-state index < -0.39 is 0 Å². The van der Waals surface area contributed by atoms with Crippen molar-refractivity contribution < 1.29 is 9.84 Å². The average Bonchev–Trinajstić information content (AvgIpc) is 2.58. The number of ether oxygens (including phenoxy) is 1. The second-order valence-corrected chi connectivity index (χ2v) is 6.44. The molecule has 0 amide bonds. The van der Waals surface area contributed by atoms with E-state index in [1.54, 1.807) is 30.5 Å². The molecule has 2 unspecified atom stereocenters. The monoisotopic (exact) mass is 348 g/mol. The van der Waals surface area contributed by atoms with Gasteiger partial charge >= 0.3 is 0 Å². The number of hydrogen-bond donors (Lipinski definition) is 2. The number of likely N-dealkylation sites (N-methyl/N-ethyl adjacent to an activating group) is 1. The van der Waals surface area contributed by atoms with Crippen LogP contribution in [0.25, 0.3) is 0 Å². The van der Waals surface area contributed by atoms with Crippen molar-refractivity contribution in [1.82, 2.24) is 9.97 Å². The van der Waals surface area contributed by atoms with Crippen LogP contribution in [0, 0.1) is 0 Å². The Morgan fingerprint density at radius 3 is 2.67 bits per heavy atom. The lowest BCUT2D eigenvalue weighted by Gasteiger charge is -2.36. The van der Waals surface area contributed by atoms with Gasteiger partial charge < -0.3 is 20.5 Å². The Morgan fingerprint density at radius 1 is 1.25 bits per heavy atom. The first-order valence-electron chi connectivity index (χ1n) is 8.01. The molecule has 1 fully saturated rings.